The fraction of sp³-hybridized carbons (Fsp3) is 0.200. The Balaban J connectivity index is 1.80. The Morgan fingerprint density at radius 2 is 1.90 bits per heavy atom. The predicted octanol–water partition coefficient (Wildman–Crippen LogP) is 2.90. The van der Waals surface area contributed by atoms with E-state index in [4.69, 9.17) is 4.74 Å². The van der Waals surface area contributed by atoms with Gasteiger partial charge in [0.15, 0.2) is 0 Å². The molecule has 0 atom stereocenters. The molecule has 5 heteroatoms. The Labute approximate surface area is 117 Å². The minimum absolute atomic E-state index is 0.546. The highest BCUT2D eigenvalue weighted by Gasteiger charge is 2.05. The average Bonchev–Trinajstić information content (AvgIpc) is 2.90. The highest BCUT2D eigenvalue weighted by atomic mass is 16.5. The smallest absolute Gasteiger partial charge is 0.142 e. The van der Waals surface area contributed by atoms with Crippen molar-refractivity contribution in [3.8, 4) is 5.75 Å². The number of rotatable bonds is 5. The summed E-state index contributed by atoms with van der Waals surface area (Å²) in [6.07, 6.45) is 0. The Bertz CT molecular complexity index is 708. The molecular weight excluding hydrogens is 252 g/mol. The van der Waals surface area contributed by atoms with E-state index >= 15 is 0 Å². The predicted molar refractivity (Wildman–Crippen MR) is 78.8 cm³/mol. The molecule has 0 amide bonds. The van der Waals surface area contributed by atoms with Gasteiger partial charge in [0.2, 0.25) is 0 Å². The third-order valence-electron chi connectivity index (χ3n) is 3.03. The van der Waals surface area contributed by atoms with Gasteiger partial charge < -0.3 is 10.1 Å². The van der Waals surface area contributed by atoms with Crippen molar-refractivity contribution < 1.29 is 4.74 Å². The molecule has 1 heterocycles. The molecule has 1 N–H and O–H groups in total. The zero-order valence-electron chi connectivity index (χ0n) is 11.3. The van der Waals surface area contributed by atoms with E-state index in [-0.39, 0.29) is 0 Å². The van der Waals surface area contributed by atoms with Crippen molar-refractivity contribution in [3.63, 3.8) is 0 Å². The lowest BCUT2D eigenvalue weighted by Crippen LogP contribution is -2.10. The second-order valence-corrected chi connectivity index (χ2v) is 4.34. The van der Waals surface area contributed by atoms with Crippen LogP contribution in [0.4, 0.5) is 5.69 Å². The van der Waals surface area contributed by atoms with Crippen LogP contribution in [0.25, 0.3) is 11.0 Å². The minimum Gasteiger partial charge on any atom is -0.492 e. The molecule has 0 fully saturated rings. The third-order valence-corrected chi connectivity index (χ3v) is 3.03. The number of hydrogen-bond acceptors (Lipinski definition) is 4. The van der Waals surface area contributed by atoms with Gasteiger partial charge in [-0.15, -0.1) is 5.10 Å². The van der Waals surface area contributed by atoms with Gasteiger partial charge in [0.25, 0.3) is 0 Å². The van der Waals surface area contributed by atoms with Crippen LogP contribution in [-0.2, 0) is 6.67 Å². The number of nitrogens with zero attached hydrogens (tertiary/aromatic N) is 3. The van der Waals surface area contributed by atoms with E-state index in [2.05, 4.69) is 15.6 Å². The first-order valence-corrected chi connectivity index (χ1v) is 6.62. The van der Waals surface area contributed by atoms with Crippen LogP contribution in [-0.4, -0.2) is 21.6 Å². The van der Waals surface area contributed by atoms with Crippen molar-refractivity contribution in [2.45, 2.75) is 13.6 Å². The summed E-state index contributed by atoms with van der Waals surface area (Å²) in [7, 11) is 0. The van der Waals surface area contributed by atoms with Crippen LogP contribution in [0.1, 0.15) is 6.92 Å². The molecule has 1 aromatic heterocycles. The number of hydrogen-bond donors (Lipinski definition) is 1. The number of aromatic nitrogens is 3. The average molecular weight is 268 g/mol. The summed E-state index contributed by atoms with van der Waals surface area (Å²) in [6, 6.07) is 15.8. The van der Waals surface area contributed by atoms with Gasteiger partial charge >= 0.3 is 0 Å². The molecule has 2 aromatic carbocycles. The van der Waals surface area contributed by atoms with Crippen molar-refractivity contribution in [1.29, 1.82) is 0 Å². The van der Waals surface area contributed by atoms with E-state index in [1.807, 2.05) is 60.1 Å². The van der Waals surface area contributed by atoms with Gasteiger partial charge in [-0.05, 0) is 31.2 Å². The van der Waals surface area contributed by atoms with Gasteiger partial charge in [-0.1, -0.05) is 29.5 Å². The van der Waals surface area contributed by atoms with E-state index in [1.54, 1.807) is 0 Å². The molecule has 3 aromatic rings. The summed E-state index contributed by atoms with van der Waals surface area (Å²) >= 11 is 0. The van der Waals surface area contributed by atoms with Crippen LogP contribution >= 0.6 is 0 Å². The second-order valence-electron chi connectivity index (χ2n) is 4.34. The van der Waals surface area contributed by atoms with E-state index in [9.17, 15) is 0 Å². The molecule has 3 rings (SSSR count). The summed E-state index contributed by atoms with van der Waals surface area (Å²) < 4.78 is 7.42. The zero-order chi connectivity index (χ0) is 13.8. The summed E-state index contributed by atoms with van der Waals surface area (Å²) in [6.45, 7) is 3.16. The van der Waals surface area contributed by atoms with E-state index in [0.29, 0.717) is 13.3 Å². The molecule has 0 aliphatic rings. The van der Waals surface area contributed by atoms with Gasteiger partial charge in [-0.25, -0.2) is 4.68 Å². The van der Waals surface area contributed by atoms with Crippen molar-refractivity contribution in [1.82, 2.24) is 15.0 Å². The van der Waals surface area contributed by atoms with Crippen LogP contribution in [0.3, 0.4) is 0 Å². The lowest BCUT2D eigenvalue weighted by atomic mass is 10.3. The second kappa shape index (κ2) is 5.61. The van der Waals surface area contributed by atoms with Crippen molar-refractivity contribution in [3.05, 3.63) is 48.5 Å². The summed E-state index contributed by atoms with van der Waals surface area (Å²) in [5.41, 5.74) is 2.86. The summed E-state index contributed by atoms with van der Waals surface area (Å²) in [5.74, 6) is 0.847. The summed E-state index contributed by atoms with van der Waals surface area (Å²) in [5, 5.41) is 11.6. The minimum atomic E-state index is 0.546. The van der Waals surface area contributed by atoms with Crippen molar-refractivity contribution >= 4 is 16.7 Å². The lowest BCUT2D eigenvalue weighted by Gasteiger charge is -2.12. The molecule has 0 spiro atoms. The topological polar surface area (TPSA) is 52.0 Å². The SMILES string of the molecule is CCOc1ccccc1NCn1nnc2ccccc21. The van der Waals surface area contributed by atoms with Gasteiger partial charge in [0.1, 0.15) is 17.9 Å². The van der Waals surface area contributed by atoms with E-state index in [0.717, 1.165) is 22.5 Å². The quantitative estimate of drug-likeness (QED) is 0.773. The van der Waals surface area contributed by atoms with Crippen LogP contribution in [0.2, 0.25) is 0 Å². The number of anilines is 1. The molecule has 0 bridgehead atoms. The molecule has 0 aliphatic heterocycles. The monoisotopic (exact) mass is 268 g/mol. The first-order chi connectivity index (χ1) is 9.88. The van der Waals surface area contributed by atoms with Gasteiger partial charge in [0.05, 0.1) is 17.8 Å². The maximum absolute atomic E-state index is 5.59. The van der Waals surface area contributed by atoms with Crippen LogP contribution in [0, 0.1) is 0 Å². The van der Waals surface area contributed by atoms with Crippen molar-refractivity contribution in [2.24, 2.45) is 0 Å². The number of nitrogens with one attached hydrogen (secondary N) is 1. The Morgan fingerprint density at radius 1 is 1.10 bits per heavy atom. The maximum Gasteiger partial charge on any atom is 0.142 e. The highest BCUT2D eigenvalue weighted by molar-refractivity contribution is 5.73. The third kappa shape index (κ3) is 2.42. The summed E-state index contributed by atoms with van der Waals surface area (Å²) in [4.78, 5) is 0. The largest absolute Gasteiger partial charge is 0.492 e. The maximum atomic E-state index is 5.59. The van der Waals surface area contributed by atoms with E-state index in [1.165, 1.54) is 0 Å². The number of ether oxygens (including phenoxy) is 1. The van der Waals surface area contributed by atoms with Gasteiger partial charge in [-0.3, -0.25) is 0 Å². The molecule has 0 saturated heterocycles. The lowest BCUT2D eigenvalue weighted by molar-refractivity contribution is 0.341. The molecule has 102 valence electrons. The standard InChI is InChI=1S/C15H16N4O/c1-2-20-15-10-6-4-8-13(15)16-11-19-14-9-5-3-7-12(14)17-18-19/h3-10,16H,2,11H2,1H3. The molecule has 20 heavy (non-hydrogen) atoms. The fourth-order valence-electron chi connectivity index (χ4n) is 2.09. The molecular formula is C15H16N4O. The van der Waals surface area contributed by atoms with Gasteiger partial charge in [-0.2, -0.15) is 0 Å². The number of fused-ring (bicyclic) bond motifs is 1. The Kier molecular flexibility index (Phi) is 3.50. The number of para-hydroxylation sites is 3. The molecule has 0 aliphatic carbocycles. The van der Waals surface area contributed by atoms with Gasteiger partial charge in [0, 0.05) is 0 Å². The van der Waals surface area contributed by atoms with Crippen LogP contribution in [0.5, 0.6) is 5.75 Å². The number of benzene rings is 2. The first kappa shape index (κ1) is 12.5. The first-order valence-electron chi connectivity index (χ1n) is 6.62. The highest BCUT2D eigenvalue weighted by Crippen LogP contribution is 2.23. The van der Waals surface area contributed by atoms with Crippen molar-refractivity contribution in [2.75, 3.05) is 11.9 Å². The molecule has 0 unspecified atom stereocenters. The zero-order valence-corrected chi connectivity index (χ0v) is 11.3. The van der Waals surface area contributed by atoms with Crippen LogP contribution < -0.4 is 10.1 Å². The molecule has 5 nitrogen and oxygen atoms in total. The van der Waals surface area contributed by atoms with Crippen LogP contribution in [0.15, 0.2) is 48.5 Å². The Hall–Kier alpha value is -2.56. The molecule has 0 radical (unpaired) electrons. The van der Waals surface area contributed by atoms with E-state index < -0.39 is 0 Å². The Morgan fingerprint density at radius 3 is 2.80 bits per heavy atom. The fourth-order valence-corrected chi connectivity index (χ4v) is 2.09. The normalized spacial score (nSPS) is 10.7. The molecule has 0 saturated carbocycles.